The average Bonchev–Trinajstić information content (AvgIpc) is 3.01. The fraction of sp³-hybridized carbons (Fsp3) is 0.238. The molecular formula is C21H18ClFN2O2. The summed E-state index contributed by atoms with van der Waals surface area (Å²) in [5.41, 5.74) is 2.35. The fourth-order valence-corrected chi connectivity index (χ4v) is 3.84. The molecule has 27 heavy (non-hydrogen) atoms. The summed E-state index contributed by atoms with van der Waals surface area (Å²) in [5, 5.41) is 10.3. The number of nitrogens with zero attached hydrogens (tertiary/aromatic N) is 2. The summed E-state index contributed by atoms with van der Waals surface area (Å²) in [6.45, 7) is 0.515. The van der Waals surface area contributed by atoms with Gasteiger partial charge in [0.05, 0.1) is 17.0 Å². The highest BCUT2D eigenvalue weighted by molar-refractivity contribution is 6.30. The van der Waals surface area contributed by atoms with E-state index in [2.05, 4.69) is 4.98 Å². The molecule has 1 aromatic heterocycles. The predicted molar refractivity (Wildman–Crippen MR) is 102 cm³/mol. The van der Waals surface area contributed by atoms with E-state index in [1.54, 1.807) is 6.07 Å². The SMILES string of the molecule is O=C(O)[C@H]1CC=CC[C@H]1c1nc2cc(F)ccc2n1Cc1ccc(Cl)cc1. The van der Waals surface area contributed by atoms with Crippen LogP contribution in [-0.2, 0) is 11.3 Å². The Morgan fingerprint density at radius 1 is 1.19 bits per heavy atom. The zero-order valence-electron chi connectivity index (χ0n) is 14.5. The summed E-state index contributed by atoms with van der Waals surface area (Å²) >= 11 is 5.98. The first-order valence-electron chi connectivity index (χ1n) is 8.81. The van der Waals surface area contributed by atoms with Crippen LogP contribution < -0.4 is 0 Å². The number of carboxylic acid groups (broad SMARTS) is 1. The Kier molecular flexibility index (Phi) is 4.70. The number of benzene rings is 2. The maximum atomic E-state index is 13.7. The second kappa shape index (κ2) is 7.16. The lowest BCUT2D eigenvalue weighted by atomic mass is 9.82. The molecule has 1 aliphatic rings. The number of halogens is 2. The largest absolute Gasteiger partial charge is 0.481 e. The van der Waals surface area contributed by atoms with Crippen LogP contribution in [-0.4, -0.2) is 20.6 Å². The Morgan fingerprint density at radius 2 is 1.93 bits per heavy atom. The third-order valence-corrected chi connectivity index (χ3v) is 5.33. The van der Waals surface area contributed by atoms with Crippen LogP contribution in [0.1, 0.15) is 30.1 Å². The molecule has 2 aromatic carbocycles. The van der Waals surface area contributed by atoms with Crippen molar-refractivity contribution in [2.24, 2.45) is 5.92 Å². The molecule has 0 amide bonds. The first-order chi connectivity index (χ1) is 13.0. The molecule has 0 saturated heterocycles. The third kappa shape index (κ3) is 3.47. The Hall–Kier alpha value is -2.66. The number of fused-ring (bicyclic) bond motifs is 1. The molecule has 0 bridgehead atoms. The Morgan fingerprint density at radius 3 is 2.67 bits per heavy atom. The Balaban J connectivity index is 1.84. The van der Waals surface area contributed by atoms with Gasteiger partial charge in [0.25, 0.3) is 0 Å². The minimum absolute atomic E-state index is 0.254. The van der Waals surface area contributed by atoms with E-state index < -0.39 is 11.9 Å². The summed E-state index contributed by atoms with van der Waals surface area (Å²) in [6.07, 6.45) is 4.97. The van der Waals surface area contributed by atoms with E-state index in [1.165, 1.54) is 12.1 Å². The molecule has 1 aliphatic carbocycles. The van der Waals surface area contributed by atoms with Gasteiger partial charge in [0.15, 0.2) is 0 Å². The molecule has 3 aromatic rings. The summed E-state index contributed by atoms with van der Waals surface area (Å²) in [4.78, 5) is 16.4. The highest BCUT2D eigenvalue weighted by atomic mass is 35.5. The van der Waals surface area contributed by atoms with E-state index in [4.69, 9.17) is 11.6 Å². The number of imidazole rings is 1. The molecule has 0 fully saturated rings. The standard InChI is InChI=1S/C21H18ClFN2O2/c22-14-7-5-13(6-8-14)12-25-19-10-9-15(23)11-18(19)24-20(25)16-3-1-2-4-17(16)21(26)27/h1-2,5-11,16-17H,3-4,12H2,(H,26,27)/t16-,17+/m1/s1. The van der Waals surface area contributed by atoms with Gasteiger partial charge in [-0.1, -0.05) is 35.9 Å². The maximum absolute atomic E-state index is 13.7. The number of aliphatic carboxylic acids is 1. The van der Waals surface area contributed by atoms with Crippen molar-refractivity contribution in [1.29, 1.82) is 0 Å². The van der Waals surface area contributed by atoms with Gasteiger partial charge in [-0.2, -0.15) is 0 Å². The van der Waals surface area contributed by atoms with Gasteiger partial charge in [0.2, 0.25) is 0 Å². The number of rotatable bonds is 4. The zero-order valence-corrected chi connectivity index (χ0v) is 15.2. The number of hydrogen-bond acceptors (Lipinski definition) is 2. The van der Waals surface area contributed by atoms with Crippen LogP contribution in [0.2, 0.25) is 5.02 Å². The second-order valence-corrected chi connectivity index (χ2v) is 7.25. The van der Waals surface area contributed by atoms with Gasteiger partial charge in [0, 0.05) is 23.6 Å². The molecule has 6 heteroatoms. The predicted octanol–water partition coefficient (Wildman–Crippen LogP) is 5.01. The van der Waals surface area contributed by atoms with Crippen LogP contribution in [0.3, 0.4) is 0 Å². The third-order valence-electron chi connectivity index (χ3n) is 5.07. The van der Waals surface area contributed by atoms with Crippen molar-refractivity contribution in [3.63, 3.8) is 0 Å². The number of carboxylic acids is 1. The topological polar surface area (TPSA) is 55.1 Å². The van der Waals surface area contributed by atoms with Crippen LogP contribution in [0.15, 0.2) is 54.6 Å². The Bertz CT molecular complexity index is 1030. The minimum Gasteiger partial charge on any atom is -0.481 e. The lowest BCUT2D eigenvalue weighted by Gasteiger charge is -2.25. The van der Waals surface area contributed by atoms with E-state index >= 15 is 0 Å². The zero-order chi connectivity index (χ0) is 19.0. The van der Waals surface area contributed by atoms with Gasteiger partial charge in [-0.25, -0.2) is 9.37 Å². The van der Waals surface area contributed by atoms with E-state index in [9.17, 15) is 14.3 Å². The van der Waals surface area contributed by atoms with Gasteiger partial charge >= 0.3 is 5.97 Å². The maximum Gasteiger partial charge on any atom is 0.307 e. The fourth-order valence-electron chi connectivity index (χ4n) is 3.72. The lowest BCUT2D eigenvalue weighted by molar-refractivity contribution is -0.142. The molecule has 1 heterocycles. The molecular weight excluding hydrogens is 367 g/mol. The van der Waals surface area contributed by atoms with Crippen LogP contribution in [0.25, 0.3) is 11.0 Å². The van der Waals surface area contributed by atoms with Crippen molar-refractivity contribution in [1.82, 2.24) is 9.55 Å². The molecule has 0 spiro atoms. The number of carbonyl (C=O) groups is 1. The van der Waals surface area contributed by atoms with E-state index in [0.717, 1.165) is 11.1 Å². The highest BCUT2D eigenvalue weighted by Gasteiger charge is 2.33. The Labute approximate surface area is 160 Å². The molecule has 1 N–H and O–H groups in total. The average molecular weight is 385 g/mol. The summed E-state index contributed by atoms with van der Waals surface area (Å²) in [5.74, 6) is -1.30. The monoisotopic (exact) mass is 384 g/mol. The number of allylic oxidation sites excluding steroid dienone is 2. The van der Waals surface area contributed by atoms with Gasteiger partial charge in [-0.15, -0.1) is 0 Å². The van der Waals surface area contributed by atoms with Crippen LogP contribution >= 0.6 is 11.6 Å². The lowest BCUT2D eigenvalue weighted by Crippen LogP contribution is -2.26. The quantitative estimate of drug-likeness (QED) is 0.643. The molecule has 2 atom stereocenters. The van der Waals surface area contributed by atoms with Crippen molar-refractivity contribution in [3.05, 3.63) is 76.8 Å². The molecule has 0 unspecified atom stereocenters. The van der Waals surface area contributed by atoms with Crippen molar-refractivity contribution in [2.75, 3.05) is 0 Å². The molecule has 4 rings (SSSR count). The van der Waals surface area contributed by atoms with Crippen molar-refractivity contribution < 1.29 is 14.3 Å². The first-order valence-corrected chi connectivity index (χ1v) is 9.18. The van der Waals surface area contributed by atoms with Crippen LogP contribution in [0, 0.1) is 11.7 Å². The number of hydrogen-bond donors (Lipinski definition) is 1. The van der Waals surface area contributed by atoms with E-state index in [-0.39, 0.29) is 11.7 Å². The smallest absolute Gasteiger partial charge is 0.307 e. The van der Waals surface area contributed by atoms with Crippen molar-refractivity contribution in [3.8, 4) is 0 Å². The molecule has 138 valence electrons. The molecule has 0 saturated carbocycles. The second-order valence-electron chi connectivity index (χ2n) is 6.81. The summed E-state index contributed by atoms with van der Waals surface area (Å²) in [7, 11) is 0. The molecule has 0 radical (unpaired) electrons. The molecule has 4 nitrogen and oxygen atoms in total. The normalized spacial score (nSPS) is 19.5. The molecule has 0 aliphatic heterocycles. The highest BCUT2D eigenvalue weighted by Crippen LogP contribution is 2.36. The van der Waals surface area contributed by atoms with Crippen molar-refractivity contribution >= 4 is 28.6 Å². The van der Waals surface area contributed by atoms with Crippen LogP contribution in [0.5, 0.6) is 0 Å². The number of aromatic nitrogens is 2. The van der Waals surface area contributed by atoms with Gasteiger partial charge in [-0.05, 0) is 42.7 Å². The first kappa shape index (κ1) is 17.7. The van der Waals surface area contributed by atoms with E-state index in [1.807, 2.05) is 41.0 Å². The van der Waals surface area contributed by atoms with Gasteiger partial charge in [0.1, 0.15) is 11.6 Å². The van der Waals surface area contributed by atoms with E-state index in [0.29, 0.717) is 35.8 Å². The minimum atomic E-state index is -0.833. The van der Waals surface area contributed by atoms with Gasteiger partial charge < -0.3 is 9.67 Å². The van der Waals surface area contributed by atoms with Crippen LogP contribution in [0.4, 0.5) is 4.39 Å². The summed E-state index contributed by atoms with van der Waals surface area (Å²) in [6, 6.07) is 12.0. The van der Waals surface area contributed by atoms with Crippen molar-refractivity contribution in [2.45, 2.75) is 25.3 Å². The van der Waals surface area contributed by atoms with Gasteiger partial charge in [-0.3, -0.25) is 4.79 Å². The summed E-state index contributed by atoms with van der Waals surface area (Å²) < 4.78 is 15.7.